The molecule has 0 aromatic carbocycles. The van der Waals surface area contributed by atoms with Gasteiger partial charge in [0.2, 0.25) is 5.91 Å². The van der Waals surface area contributed by atoms with E-state index in [-0.39, 0.29) is 18.6 Å². The van der Waals surface area contributed by atoms with E-state index in [9.17, 15) is 9.59 Å². The quantitative estimate of drug-likeness (QED) is 0.661. The molecule has 1 saturated heterocycles. The van der Waals surface area contributed by atoms with Gasteiger partial charge in [-0.3, -0.25) is 4.79 Å². The van der Waals surface area contributed by atoms with E-state index < -0.39 is 12.6 Å². The fourth-order valence-corrected chi connectivity index (χ4v) is 1.36. The van der Waals surface area contributed by atoms with Gasteiger partial charge in [-0.05, 0) is 6.42 Å². The Morgan fingerprint density at radius 1 is 1.53 bits per heavy atom. The van der Waals surface area contributed by atoms with Crippen LogP contribution in [0.1, 0.15) is 6.42 Å². The number of hydrogen-bond donors (Lipinski definition) is 1. The molecule has 0 saturated carbocycles. The molecule has 0 aromatic heterocycles. The van der Waals surface area contributed by atoms with Gasteiger partial charge < -0.3 is 19.5 Å². The molecule has 0 bridgehead atoms. The van der Waals surface area contributed by atoms with Crippen molar-refractivity contribution >= 4 is 11.9 Å². The zero-order valence-electron chi connectivity index (χ0n) is 8.64. The molecule has 86 valence electrons. The Morgan fingerprint density at radius 2 is 2.27 bits per heavy atom. The second-order valence-corrected chi connectivity index (χ2v) is 3.41. The SMILES string of the molecule is CN(C(=O)COCC(=O)O)C1CCOC1. The molecule has 1 rings (SSSR count). The molecule has 0 spiro atoms. The zero-order valence-corrected chi connectivity index (χ0v) is 8.64. The highest BCUT2D eigenvalue weighted by atomic mass is 16.5. The fourth-order valence-electron chi connectivity index (χ4n) is 1.36. The summed E-state index contributed by atoms with van der Waals surface area (Å²) in [4.78, 5) is 23.2. The number of aliphatic carboxylic acids is 1. The summed E-state index contributed by atoms with van der Waals surface area (Å²) in [6.07, 6.45) is 0.821. The van der Waals surface area contributed by atoms with Crippen molar-refractivity contribution in [2.24, 2.45) is 0 Å². The van der Waals surface area contributed by atoms with Gasteiger partial charge in [-0.1, -0.05) is 0 Å². The van der Waals surface area contributed by atoms with Crippen LogP contribution in [-0.2, 0) is 19.1 Å². The lowest BCUT2D eigenvalue weighted by molar-refractivity contribution is -0.146. The molecule has 0 radical (unpaired) electrons. The first-order chi connectivity index (χ1) is 7.11. The Labute approximate surface area is 87.8 Å². The van der Waals surface area contributed by atoms with Gasteiger partial charge in [0.15, 0.2) is 0 Å². The predicted molar refractivity (Wildman–Crippen MR) is 50.4 cm³/mol. The molecule has 1 heterocycles. The zero-order chi connectivity index (χ0) is 11.3. The minimum Gasteiger partial charge on any atom is -0.480 e. The van der Waals surface area contributed by atoms with Gasteiger partial charge in [-0.25, -0.2) is 4.79 Å². The second-order valence-electron chi connectivity index (χ2n) is 3.41. The van der Waals surface area contributed by atoms with Crippen molar-refractivity contribution in [3.8, 4) is 0 Å². The molecule has 6 nitrogen and oxygen atoms in total. The van der Waals surface area contributed by atoms with Crippen molar-refractivity contribution in [3.05, 3.63) is 0 Å². The Morgan fingerprint density at radius 3 is 2.80 bits per heavy atom. The number of hydrogen-bond acceptors (Lipinski definition) is 4. The van der Waals surface area contributed by atoms with E-state index in [1.807, 2.05) is 0 Å². The van der Waals surface area contributed by atoms with E-state index in [4.69, 9.17) is 14.6 Å². The van der Waals surface area contributed by atoms with Crippen LogP contribution in [0.5, 0.6) is 0 Å². The van der Waals surface area contributed by atoms with Crippen LogP contribution in [-0.4, -0.2) is 61.4 Å². The van der Waals surface area contributed by atoms with Crippen molar-refractivity contribution < 1.29 is 24.2 Å². The summed E-state index contributed by atoms with van der Waals surface area (Å²) in [5, 5.41) is 8.31. The van der Waals surface area contributed by atoms with Crippen molar-refractivity contribution in [1.29, 1.82) is 0 Å². The van der Waals surface area contributed by atoms with Crippen LogP contribution >= 0.6 is 0 Å². The molecule has 6 heteroatoms. The van der Waals surface area contributed by atoms with Crippen LogP contribution < -0.4 is 0 Å². The molecule has 0 aromatic rings. The number of ether oxygens (including phenoxy) is 2. The summed E-state index contributed by atoms with van der Waals surface area (Å²) in [6.45, 7) is 0.569. The van der Waals surface area contributed by atoms with Crippen molar-refractivity contribution in [1.82, 2.24) is 4.90 Å². The highest BCUT2D eigenvalue weighted by molar-refractivity contribution is 5.78. The second kappa shape index (κ2) is 5.67. The molecule has 0 aliphatic carbocycles. The van der Waals surface area contributed by atoms with Crippen LogP contribution in [0.3, 0.4) is 0 Å². The van der Waals surface area contributed by atoms with E-state index in [0.29, 0.717) is 13.2 Å². The van der Waals surface area contributed by atoms with Crippen LogP contribution in [0.2, 0.25) is 0 Å². The molecule has 1 N–H and O–H groups in total. The first kappa shape index (κ1) is 11.9. The van der Waals surface area contributed by atoms with Gasteiger partial charge in [0.05, 0.1) is 12.6 Å². The topological polar surface area (TPSA) is 76.1 Å². The van der Waals surface area contributed by atoms with E-state index in [2.05, 4.69) is 0 Å². The third kappa shape index (κ3) is 3.85. The molecular weight excluding hydrogens is 202 g/mol. The van der Waals surface area contributed by atoms with Gasteiger partial charge in [0.25, 0.3) is 0 Å². The normalized spacial score (nSPS) is 20.2. The maximum absolute atomic E-state index is 11.5. The minimum atomic E-state index is -1.07. The summed E-state index contributed by atoms with van der Waals surface area (Å²) in [5.74, 6) is -1.29. The number of carbonyl (C=O) groups is 2. The van der Waals surface area contributed by atoms with E-state index in [1.165, 1.54) is 0 Å². The highest BCUT2D eigenvalue weighted by Gasteiger charge is 2.23. The molecule has 1 fully saturated rings. The third-order valence-corrected chi connectivity index (χ3v) is 2.30. The van der Waals surface area contributed by atoms with Crippen molar-refractivity contribution in [2.45, 2.75) is 12.5 Å². The van der Waals surface area contributed by atoms with Gasteiger partial charge in [-0.15, -0.1) is 0 Å². The molecule has 1 amide bonds. The summed E-state index contributed by atoms with van der Waals surface area (Å²) in [6, 6.07) is 0.0888. The Kier molecular flexibility index (Phi) is 4.51. The van der Waals surface area contributed by atoms with E-state index >= 15 is 0 Å². The van der Waals surface area contributed by atoms with E-state index in [1.54, 1.807) is 11.9 Å². The predicted octanol–water partition coefficient (Wildman–Crippen LogP) is -0.665. The number of rotatable bonds is 5. The monoisotopic (exact) mass is 217 g/mol. The Balaban J connectivity index is 2.23. The maximum atomic E-state index is 11.5. The largest absolute Gasteiger partial charge is 0.480 e. The summed E-state index contributed by atoms with van der Waals surface area (Å²) in [7, 11) is 1.67. The maximum Gasteiger partial charge on any atom is 0.329 e. The van der Waals surface area contributed by atoms with Gasteiger partial charge >= 0.3 is 5.97 Å². The van der Waals surface area contributed by atoms with Crippen LogP contribution in [0.4, 0.5) is 0 Å². The van der Waals surface area contributed by atoms with Crippen LogP contribution in [0.15, 0.2) is 0 Å². The van der Waals surface area contributed by atoms with Crippen molar-refractivity contribution in [2.75, 3.05) is 33.5 Å². The fraction of sp³-hybridized carbons (Fsp3) is 0.778. The summed E-state index contributed by atoms with van der Waals surface area (Å²) < 4.78 is 9.85. The summed E-state index contributed by atoms with van der Waals surface area (Å²) >= 11 is 0. The highest BCUT2D eigenvalue weighted by Crippen LogP contribution is 2.10. The van der Waals surface area contributed by atoms with Gasteiger partial charge in [0, 0.05) is 13.7 Å². The molecular formula is C9H15NO5. The minimum absolute atomic E-state index is 0.0888. The van der Waals surface area contributed by atoms with E-state index in [0.717, 1.165) is 6.42 Å². The number of carboxylic acids is 1. The molecule has 1 atom stereocenters. The number of nitrogens with zero attached hydrogens (tertiary/aromatic N) is 1. The van der Waals surface area contributed by atoms with Crippen molar-refractivity contribution in [3.63, 3.8) is 0 Å². The number of amides is 1. The average molecular weight is 217 g/mol. The smallest absolute Gasteiger partial charge is 0.329 e. The third-order valence-electron chi connectivity index (χ3n) is 2.30. The Bertz CT molecular complexity index is 237. The first-order valence-corrected chi connectivity index (χ1v) is 4.74. The first-order valence-electron chi connectivity index (χ1n) is 4.74. The lowest BCUT2D eigenvalue weighted by atomic mass is 10.2. The molecule has 1 unspecified atom stereocenters. The lowest BCUT2D eigenvalue weighted by Crippen LogP contribution is -2.39. The van der Waals surface area contributed by atoms with Crippen LogP contribution in [0, 0.1) is 0 Å². The standard InChI is InChI=1S/C9H15NO5/c1-10(7-2-3-14-4-7)8(11)5-15-6-9(12)13/h7H,2-6H2,1H3,(H,12,13). The van der Waals surface area contributed by atoms with Crippen LogP contribution in [0.25, 0.3) is 0 Å². The summed E-state index contributed by atoms with van der Waals surface area (Å²) in [5.41, 5.74) is 0. The lowest BCUT2D eigenvalue weighted by Gasteiger charge is -2.22. The Hall–Kier alpha value is -1.14. The average Bonchev–Trinajstić information content (AvgIpc) is 2.68. The number of carbonyl (C=O) groups excluding carboxylic acids is 1. The van der Waals surface area contributed by atoms with Gasteiger partial charge in [0.1, 0.15) is 13.2 Å². The number of likely N-dealkylation sites (N-methyl/N-ethyl adjacent to an activating group) is 1. The molecule has 1 aliphatic rings. The number of carboxylic acid groups (broad SMARTS) is 1. The molecule has 15 heavy (non-hydrogen) atoms. The van der Waals surface area contributed by atoms with Gasteiger partial charge in [-0.2, -0.15) is 0 Å². The molecule has 1 aliphatic heterocycles.